The van der Waals surface area contributed by atoms with Gasteiger partial charge in [-0.25, -0.2) is 0 Å². The van der Waals surface area contributed by atoms with E-state index in [9.17, 15) is 0 Å². The van der Waals surface area contributed by atoms with Crippen molar-refractivity contribution < 1.29 is 4.74 Å². The third-order valence-corrected chi connectivity index (χ3v) is 4.01. The van der Waals surface area contributed by atoms with E-state index in [1.165, 1.54) is 17.5 Å². The molecule has 2 aliphatic rings. The average Bonchev–Trinajstić information content (AvgIpc) is 2.21. The van der Waals surface area contributed by atoms with Gasteiger partial charge in [0.25, 0.3) is 0 Å². The Morgan fingerprint density at radius 1 is 1.19 bits per heavy atom. The number of nitrogens with two attached hydrogens (primary N) is 1. The van der Waals surface area contributed by atoms with E-state index in [0.29, 0.717) is 0 Å². The molecule has 0 amide bonds. The summed E-state index contributed by atoms with van der Waals surface area (Å²) in [5, 5.41) is 0. The van der Waals surface area contributed by atoms with Crippen LogP contribution in [0.5, 0.6) is 0 Å². The fraction of sp³-hybridized carbons (Fsp3) is 0.571. The van der Waals surface area contributed by atoms with Gasteiger partial charge in [-0.05, 0) is 36.8 Å². The first-order valence-electron chi connectivity index (χ1n) is 6.22. The van der Waals surface area contributed by atoms with Gasteiger partial charge in [-0.15, -0.1) is 0 Å². The number of rotatable bonds is 3. The highest BCUT2D eigenvalue weighted by Gasteiger charge is 2.34. The van der Waals surface area contributed by atoms with Crippen LogP contribution in [0.2, 0.25) is 0 Å². The predicted octanol–water partition coefficient (Wildman–Crippen LogP) is 2.21. The molecule has 0 radical (unpaired) electrons. The maximum Gasteiger partial charge on any atom is 0.0519 e. The van der Waals surface area contributed by atoms with Gasteiger partial charge >= 0.3 is 0 Å². The summed E-state index contributed by atoms with van der Waals surface area (Å²) in [7, 11) is 0. The second-order valence-electron chi connectivity index (χ2n) is 5.31. The van der Waals surface area contributed by atoms with Crippen molar-refractivity contribution in [2.75, 3.05) is 13.2 Å². The topological polar surface area (TPSA) is 35.2 Å². The monoisotopic (exact) mass is 217 g/mol. The predicted molar refractivity (Wildman–Crippen MR) is 64.2 cm³/mol. The maximum atomic E-state index is 6.29. The number of hydrogen-bond donors (Lipinski definition) is 1. The third kappa shape index (κ3) is 1.76. The molecule has 1 aliphatic carbocycles. The van der Waals surface area contributed by atoms with Gasteiger partial charge in [0.05, 0.1) is 13.2 Å². The van der Waals surface area contributed by atoms with E-state index >= 15 is 0 Å². The molecule has 0 atom stereocenters. The molecule has 16 heavy (non-hydrogen) atoms. The Balaban J connectivity index is 1.69. The van der Waals surface area contributed by atoms with Crippen molar-refractivity contribution in [2.45, 2.75) is 31.2 Å². The fourth-order valence-corrected chi connectivity index (χ4v) is 2.55. The van der Waals surface area contributed by atoms with Crippen LogP contribution >= 0.6 is 0 Å². The van der Waals surface area contributed by atoms with Gasteiger partial charge in [-0.2, -0.15) is 0 Å². The van der Waals surface area contributed by atoms with E-state index in [4.69, 9.17) is 10.5 Å². The Morgan fingerprint density at radius 2 is 1.88 bits per heavy atom. The summed E-state index contributed by atoms with van der Waals surface area (Å²) in [5.41, 5.74) is 9.01. The molecule has 1 aliphatic heterocycles. The van der Waals surface area contributed by atoms with E-state index in [0.717, 1.165) is 38.4 Å². The summed E-state index contributed by atoms with van der Waals surface area (Å²) in [6, 6.07) is 8.91. The quantitative estimate of drug-likeness (QED) is 0.842. The SMILES string of the molecule is NC1(c2ccc(CC3COC3)cc2)CCC1. The van der Waals surface area contributed by atoms with E-state index in [1.807, 2.05) is 0 Å². The van der Waals surface area contributed by atoms with Crippen molar-refractivity contribution in [2.24, 2.45) is 11.7 Å². The lowest BCUT2D eigenvalue weighted by Gasteiger charge is -2.38. The summed E-state index contributed by atoms with van der Waals surface area (Å²) in [6.45, 7) is 1.87. The maximum absolute atomic E-state index is 6.29. The minimum absolute atomic E-state index is 0.0158. The van der Waals surface area contributed by atoms with E-state index < -0.39 is 0 Å². The number of ether oxygens (including phenoxy) is 1. The third-order valence-electron chi connectivity index (χ3n) is 4.01. The highest BCUT2D eigenvalue weighted by Crippen LogP contribution is 2.38. The first-order valence-corrected chi connectivity index (χ1v) is 6.22. The smallest absolute Gasteiger partial charge is 0.0519 e. The normalized spacial score (nSPS) is 23.6. The van der Waals surface area contributed by atoms with Crippen LogP contribution in [0.3, 0.4) is 0 Å². The Kier molecular flexibility index (Phi) is 2.49. The van der Waals surface area contributed by atoms with Crippen molar-refractivity contribution in [3.8, 4) is 0 Å². The van der Waals surface area contributed by atoms with Crippen LogP contribution in [-0.2, 0) is 16.7 Å². The Labute approximate surface area is 96.8 Å². The second-order valence-corrected chi connectivity index (χ2v) is 5.31. The van der Waals surface area contributed by atoms with E-state index in [-0.39, 0.29) is 5.54 Å². The molecule has 86 valence electrons. The van der Waals surface area contributed by atoms with Gasteiger partial charge in [0, 0.05) is 11.5 Å². The number of hydrogen-bond acceptors (Lipinski definition) is 2. The molecule has 1 heterocycles. The Hall–Kier alpha value is -0.860. The van der Waals surface area contributed by atoms with Gasteiger partial charge in [-0.1, -0.05) is 24.3 Å². The van der Waals surface area contributed by atoms with Crippen LogP contribution in [0, 0.1) is 5.92 Å². The Bertz CT molecular complexity index is 363. The first kappa shape index (κ1) is 10.3. The van der Waals surface area contributed by atoms with Crippen molar-refractivity contribution in [3.63, 3.8) is 0 Å². The van der Waals surface area contributed by atoms with Crippen molar-refractivity contribution in [1.29, 1.82) is 0 Å². The molecule has 0 unspecified atom stereocenters. The van der Waals surface area contributed by atoms with Crippen LogP contribution in [0.15, 0.2) is 24.3 Å². The molecule has 2 N–H and O–H groups in total. The molecule has 2 nitrogen and oxygen atoms in total. The van der Waals surface area contributed by atoms with E-state index in [1.54, 1.807) is 0 Å². The van der Waals surface area contributed by atoms with Gasteiger partial charge in [0.2, 0.25) is 0 Å². The van der Waals surface area contributed by atoms with Crippen molar-refractivity contribution >= 4 is 0 Å². The minimum Gasteiger partial charge on any atom is -0.381 e. The summed E-state index contributed by atoms with van der Waals surface area (Å²) < 4.78 is 5.19. The van der Waals surface area contributed by atoms with Crippen molar-refractivity contribution in [1.82, 2.24) is 0 Å². The lowest BCUT2D eigenvalue weighted by Crippen LogP contribution is -2.43. The van der Waals surface area contributed by atoms with Gasteiger partial charge in [0.1, 0.15) is 0 Å². The van der Waals surface area contributed by atoms with Crippen LogP contribution in [0.25, 0.3) is 0 Å². The van der Waals surface area contributed by atoms with Crippen LogP contribution in [-0.4, -0.2) is 13.2 Å². The molecule has 0 spiro atoms. The average molecular weight is 217 g/mol. The standard InChI is InChI=1S/C14H19NO/c15-14(6-1-7-14)13-4-2-11(3-5-13)8-12-9-16-10-12/h2-5,12H,1,6-10,15H2. The second kappa shape index (κ2) is 3.86. The lowest BCUT2D eigenvalue weighted by molar-refractivity contribution is -0.0312. The zero-order valence-electron chi connectivity index (χ0n) is 9.61. The molecule has 1 saturated heterocycles. The van der Waals surface area contributed by atoms with Crippen LogP contribution in [0.1, 0.15) is 30.4 Å². The summed E-state index contributed by atoms with van der Waals surface area (Å²) in [6.07, 6.45) is 4.71. The van der Waals surface area contributed by atoms with Crippen LogP contribution < -0.4 is 5.73 Å². The molecule has 3 rings (SSSR count). The van der Waals surface area contributed by atoms with Crippen LogP contribution in [0.4, 0.5) is 0 Å². The number of benzene rings is 1. The molecule has 2 fully saturated rings. The fourth-order valence-electron chi connectivity index (χ4n) is 2.55. The summed E-state index contributed by atoms with van der Waals surface area (Å²) in [4.78, 5) is 0. The van der Waals surface area contributed by atoms with Gasteiger partial charge < -0.3 is 10.5 Å². The van der Waals surface area contributed by atoms with Crippen molar-refractivity contribution in [3.05, 3.63) is 35.4 Å². The largest absolute Gasteiger partial charge is 0.381 e. The summed E-state index contributed by atoms with van der Waals surface area (Å²) in [5.74, 6) is 0.737. The lowest BCUT2D eigenvalue weighted by atomic mass is 9.72. The zero-order valence-corrected chi connectivity index (χ0v) is 9.61. The molecule has 1 saturated carbocycles. The molecule has 1 aromatic rings. The molecular weight excluding hydrogens is 198 g/mol. The zero-order chi connectivity index (χ0) is 11.0. The first-order chi connectivity index (χ1) is 7.76. The van der Waals surface area contributed by atoms with Gasteiger partial charge in [-0.3, -0.25) is 0 Å². The summed E-state index contributed by atoms with van der Waals surface area (Å²) >= 11 is 0. The molecular formula is C14H19NO. The highest BCUT2D eigenvalue weighted by atomic mass is 16.5. The van der Waals surface area contributed by atoms with Gasteiger partial charge in [0.15, 0.2) is 0 Å². The molecule has 1 aromatic carbocycles. The molecule has 0 bridgehead atoms. The Morgan fingerprint density at radius 3 is 2.31 bits per heavy atom. The van der Waals surface area contributed by atoms with E-state index in [2.05, 4.69) is 24.3 Å². The highest BCUT2D eigenvalue weighted by molar-refractivity contribution is 5.30. The molecule has 0 aromatic heterocycles. The minimum atomic E-state index is -0.0158. The molecule has 2 heteroatoms.